The van der Waals surface area contributed by atoms with Gasteiger partial charge in [-0.2, -0.15) is 0 Å². The summed E-state index contributed by atoms with van der Waals surface area (Å²) in [5.41, 5.74) is 1.77. The van der Waals surface area contributed by atoms with E-state index < -0.39 is 0 Å². The molecular weight excluding hydrogens is 232 g/mol. The second-order valence-corrected chi connectivity index (χ2v) is 4.64. The largest absolute Gasteiger partial charge is 0.371 e. The number of hydrogen-bond acceptors (Lipinski definition) is 4. The van der Waals surface area contributed by atoms with Crippen molar-refractivity contribution in [3.05, 3.63) is 33.9 Å². The highest BCUT2D eigenvalue weighted by molar-refractivity contribution is 5.62. The van der Waals surface area contributed by atoms with E-state index in [4.69, 9.17) is 0 Å². The van der Waals surface area contributed by atoms with Crippen molar-refractivity contribution >= 4 is 17.7 Å². The van der Waals surface area contributed by atoms with Gasteiger partial charge in [0.2, 0.25) is 0 Å². The zero-order valence-corrected chi connectivity index (χ0v) is 10.3. The zero-order chi connectivity index (χ0) is 13.1. The van der Waals surface area contributed by atoms with Crippen LogP contribution in [-0.4, -0.2) is 24.3 Å². The zero-order valence-electron chi connectivity index (χ0n) is 10.3. The Morgan fingerprint density at radius 1 is 1.39 bits per heavy atom. The molecule has 0 aromatic heterocycles. The molecule has 1 fully saturated rings. The van der Waals surface area contributed by atoms with Gasteiger partial charge < -0.3 is 9.69 Å². The first kappa shape index (κ1) is 12.5. The Hall–Kier alpha value is -1.91. The minimum absolute atomic E-state index is 0.139. The molecule has 5 nitrogen and oxygen atoms in total. The first-order chi connectivity index (χ1) is 8.63. The number of nitro benzene ring substituents is 1. The molecule has 0 atom stereocenters. The van der Waals surface area contributed by atoms with Gasteiger partial charge in [0.05, 0.1) is 10.5 Å². The van der Waals surface area contributed by atoms with Crippen LogP contribution in [0.2, 0.25) is 0 Å². The standard InChI is InChI=1S/C13H16N2O3/c1-10-12(3-2-4-13(10)15(17)18)14-7-5-11(9-16)6-8-14/h2-4,9,11H,5-8H2,1H3. The van der Waals surface area contributed by atoms with Crippen molar-refractivity contribution in [2.45, 2.75) is 19.8 Å². The van der Waals surface area contributed by atoms with E-state index in [0.717, 1.165) is 37.9 Å². The molecule has 18 heavy (non-hydrogen) atoms. The molecule has 1 aromatic rings. The van der Waals surface area contributed by atoms with Crippen LogP contribution in [0.15, 0.2) is 18.2 Å². The van der Waals surface area contributed by atoms with Crippen LogP contribution >= 0.6 is 0 Å². The van der Waals surface area contributed by atoms with Crippen LogP contribution < -0.4 is 4.90 Å². The van der Waals surface area contributed by atoms with E-state index in [-0.39, 0.29) is 16.5 Å². The number of rotatable bonds is 3. The molecule has 0 radical (unpaired) electrons. The number of carbonyl (C=O) groups is 1. The maximum absolute atomic E-state index is 10.9. The highest BCUT2D eigenvalue weighted by atomic mass is 16.6. The summed E-state index contributed by atoms with van der Waals surface area (Å²) in [6.45, 7) is 3.34. The van der Waals surface area contributed by atoms with Gasteiger partial charge in [0.15, 0.2) is 0 Å². The predicted octanol–water partition coefficient (Wildman–Crippen LogP) is 2.32. The van der Waals surface area contributed by atoms with Crippen molar-refractivity contribution in [2.24, 2.45) is 5.92 Å². The first-order valence-corrected chi connectivity index (χ1v) is 6.07. The Morgan fingerprint density at radius 2 is 2.06 bits per heavy atom. The van der Waals surface area contributed by atoms with E-state index in [1.165, 1.54) is 6.07 Å². The molecule has 1 aromatic carbocycles. The minimum atomic E-state index is -0.350. The van der Waals surface area contributed by atoms with Gasteiger partial charge in [0, 0.05) is 30.8 Å². The van der Waals surface area contributed by atoms with E-state index in [9.17, 15) is 14.9 Å². The molecule has 0 unspecified atom stereocenters. The van der Waals surface area contributed by atoms with Crippen molar-refractivity contribution in [3.63, 3.8) is 0 Å². The Kier molecular flexibility index (Phi) is 3.60. The van der Waals surface area contributed by atoms with Gasteiger partial charge in [-0.15, -0.1) is 0 Å². The highest BCUT2D eigenvalue weighted by Gasteiger charge is 2.22. The molecule has 0 N–H and O–H groups in total. The summed E-state index contributed by atoms with van der Waals surface area (Å²) in [6, 6.07) is 5.15. The summed E-state index contributed by atoms with van der Waals surface area (Å²) in [6.07, 6.45) is 2.66. The molecule has 0 saturated carbocycles. The smallest absolute Gasteiger partial charge is 0.274 e. The number of carbonyl (C=O) groups excluding carboxylic acids is 1. The fourth-order valence-electron chi connectivity index (χ4n) is 2.43. The van der Waals surface area contributed by atoms with Crippen molar-refractivity contribution < 1.29 is 9.72 Å². The van der Waals surface area contributed by atoms with Gasteiger partial charge in [-0.25, -0.2) is 0 Å². The van der Waals surface area contributed by atoms with Gasteiger partial charge in [0.25, 0.3) is 5.69 Å². The Labute approximate surface area is 106 Å². The molecular formula is C13H16N2O3. The summed E-state index contributed by atoms with van der Waals surface area (Å²) in [4.78, 5) is 23.4. The van der Waals surface area contributed by atoms with Crippen LogP contribution in [0.25, 0.3) is 0 Å². The topological polar surface area (TPSA) is 63.5 Å². The second-order valence-electron chi connectivity index (χ2n) is 4.64. The molecule has 96 valence electrons. The van der Waals surface area contributed by atoms with Gasteiger partial charge in [-0.1, -0.05) is 6.07 Å². The van der Waals surface area contributed by atoms with Crippen molar-refractivity contribution in [1.29, 1.82) is 0 Å². The Balaban J connectivity index is 2.22. The highest BCUT2D eigenvalue weighted by Crippen LogP contribution is 2.30. The normalized spacial score (nSPS) is 16.6. The van der Waals surface area contributed by atoms with Gasteiger partial charge in [-0.05, 0) is 25.8 Å². The number of piperidine rings is 1. The van der Waals surface area contributed by atoms with E-state index in [2.05, 4.69) is 4.90 Å². The third kappa shape index (κ3) is 2.34. The number of benzene rings is 1. The fraction of sp³-hybridized carbons (Fsp3) is 0.462. The summed E-state index contributed by atoms with van der Waals surface area (Å²) < 4.78 is 0. The minimum Gasteiger partial charge on any atom is -0.371 e. The molecule has 1 aliphatic heterocycles. The van der Waals surface area contributed by atoms with E-state index >= 15 is 0 Å². The monoisotopic (exact) mass is 248 g/mol. The summed E-state index contributed by atoms with van der Waals surface area (Å²) in [7, 11) is 0. The van der Waals surface area contributed by atoms with Gasteiger partial charge >= 0.3 is 0 Å². The number of nitrogens with zero attached hydrogens (tertiary/aromatic N) is 2. The van der Waals surface area contributed by atoms with Crippen molar-refractivity contribution in [2.75, 3.05) is 18.0 Å². The SMILES string of the molecule is Cc1c(N2CCC(C=O)CC2)cccc1[N+](=O)[O-]. The Bertz CT molecular complexity index is 465. The fourth-order valence-corrected chi connectivity index (χ4v) is 2.43. The quantitative estimate of drug-likeness (QED) is 0.468. The number of hydrogen-bond donors (Lipinski definition) is 0. The lowest BCUT2D eigenvalue weighted by molar-refractivity contribution is -0.385. The first-order valence-electron chi connectivity index (χ1n) is 6.07. The summed E-state index contributed by atoms with van der Waals surface area (Å²) in [5, 5.41) is 10.9. The van der Waals surface area contributed by atoms with E-state index in [0.29, 0.717) is 5.56 Å². The third-order valence-corrected chi connectivity index (χ3v) is 3.55. The molecule has 1 heterocycles. The van der Waals surface area contributed by atoms with Crippen LogP contribution in [0.5, 0.6) is 0 Å². The molecule has 0 bridgehead atoms. The molecule has 5 heteroatoms. The summed E-state index contributed by atoms with van der Waals surface area (Å²) in [5.74, 6) is 0.139. The van der Waals surface area contributed by atoms with Crippen LogP contribution in [0.4, 0.5) is 11.4 Å². The second kappa shape index (κ2) is 5.16. The molecule has 0 spiro atoms. The molecule has 2 rings (SSSR count). The third-order valence-electron chi connectivity index (χ3n) is 3.55. The van der Waals surface area contributed by atoms with Crippen LogP contribution in [0, 0.1) is 23.0 Å². The average molecular weight is 248 g/mol. The Morgan fingerprint density at radius 3 is 2.61 bits per heavy atom. The molecule has 0 amide bonds. The molecule has 0 aliphatic carbocycles. The maximum Gasteiger partial charge on any atom is 0.274 e. The number of aldehydes is 1. The van der Waals surface area contributed by atoms with Gasteiger partial charge in [0.1, 0.15) is 6.29 Å². The maximum atomic E-state index is 10.9. The van der Waals surface area contributed by atoms with Crippen LogP contribution in [0.3, 0.4) is 0 Å². The molecule has 1 saturated heterocycles. The lowest BCUT2D eigenvalue weighted by Gasteiger charge is -2.32. The van der Waals surface area contributed by atoms with Gasteiger partial charge in [-0.3, -0.25) is 10.1 Å². The van der Waals surface area contributed by atoms with Crippen molar-refractivity contribution in [1.82, 2.24) is 0 Å². The van der Waals surface area contributed by atoms with Crippen LogP contribution in [-0.2, 0) is 4.79 Å². The number of nitro groups is 1. The molecule has 1 aliphatic rings. The average Bonchev–Trinajstić information content (AvgIpc) is 2.39. The predicted molar refractivity (Wildman–Crippen MR) is 68.8 cm³/mol. The lowest BCUT2D eigenvalue weighted by atomic mass is 9.97. The van der Waals surface area contributed by atoms with Crippen LogP contribution in [0.1, 0.15) is 18.4 Å². The van der Waals surface area contributed by atoms with E-state index in [1.807, 2.05) is 6.07 Å². The lowest BCUT2D eigenvalue weighted by Crippen LogP contribution is -2.34. The van der Waals surface area contributed by atoms with Crippen molar-refractivity contribution in [3.8, 4) is 0 Å². The van der Waals surface area contributed by atoms with E-state index in [1.54, 1.807) is 13.0 Å². The summed E-state index contributed by atoms with van der Waals surface area (Å²) >= 11 is 0. The number of anilines is 1.